The number of ketones is 1. The lowest BCUT2D eigenvalue weighted by atomic mass is 10.0. The number of carbonyl (C=O) groups excluding carboxylic acids is 1. The van der Waals surface area contributed by atoms with Crippen LogP contribution in [0, 0.1) is 0 Å². The van der Waals surface area contributed by atoms with E-state index in [0.717, 1.165) is 22.2 Å². The first-order chi connectivity index (χ1) is 18.3. The molecule has 2 aromatic carbocycles. The van der Waals surface area contributed by atoms with Gasteiger partial charge in [0.1, 0.15) is 12.0 Å². The fourth-order valence-corrected chi connectivity index (χ4v) is 5.47. The van der Waals surface area contributed by atoms with E-state index in [4.69, 9.17) is 11.6 Å². The second-order valence-electron chi connectivity index (χ2n) is 9.34. The monoisotopic (exact) mass is 528 g/mol. The maximum absolute atomic E-state index is 13.4. The Balaban J connectivity index is 1.31. The molecule has 3 aromatic heterocycles. The SMILES string of the molecule is Cn1c(C(=O)O)cc2cc(CC(=O)C3CCc4cc(-c5cc(Cl)ccc5-n5cnnn5)cc(=O)n43)ccc21. The Morgan fingerprint density at radius 1 is 1.11 bits per heavy atom. The first kappa shape index (κ1) is 23.8. The van der Waals surface area contributed by atoms with Crippen LogP contribution in [0.15, 0.2) is 65.7 Å². The Morgan fingerprint density at radius 3 is 2.71 bits per heavy atom. The molecule has 0 radical (unpaired) electrons. The summed E-state index contributed by atoms with van der Waals surface area (Å²) in [6.45, 7) is 0. The van der Waals surface area contributed by atoms with Gasteiger partial charge in [-0.2, -0.15) is 4.68 Å². The number of pyridine rings is 1. The van der Waals surface area contributed by atoms with Crippen LogP contribution in [0.5, 0.6) is 0 Å². The van der Waals surface area contributed by atoms with Gasteiger partial charge in [0.25, 0.3) is 5.56 Å². The molecule has 1 aliphatic heterocycles. The van der Waals surface area contributed by atoms with Gasteiger partial charge in [0, 0.05) is 46.7 Å². The smallest absolute Gasteiger partial charge is 0.352 e. The molecule has 0 spiro atoms. The Hall–Kier alpha value is -4.57. The fraction of sp³-hybridized carbons (Fsp3) is 0.185. The number of aromatic nitrogens is 6. The molecule has 38 heavy (non-hydrogen) atoms. The fourth-order valence-electron chi connectivity index (χ4n) is 5.30. The number of benzene rings is 2. The lowest BCUT2D eigenvalue weighted by molar-refractivity contribution is -0.121. The number of carbonyl (C=O) groups is 2. The molecule has 0 bridgehead atoms. The van der Waals surface area contributed by atoms with Crippen molar-refractivity contribution in [2.24, 2.45) is 7.05 Å². The number of nitrogens with zero attached hydrogens (tertiary/aromatic N) is 6. The summed E-state index contributed by atoms with van der Waals surface area (Å²) in [6, 6.07) is 15.2. The lowest BCUT2D eigenvalue weighted by Gasteiger charge is -2.16. The van der Waals surface area contributed by atoms with Crippen molar-refractivity contribution in [3.05, 3.63) is 93.3 Å². The minimum atomic E-state index is -1.01. The van der Waals surface area contributed by atoms with Crippen molar-refractivity contribution in [3.63, 3.8) is 0 Å². The molecular formula is C27H21ClN6O4. The highest BCUT2D eigenvalue weighted by molar-refractivity contribution is 6.31. The van der Waals surface area contributed by atoms with Crippen molar-refractivity contribution in [2.75, 3.05) is 0 Å². The zero-order valence-corrected chi connectivity index (χ0v) is 21.0. The molecule has 0 saturated carbocycles. The zero-order chi connectivity index (χ0) is 26.6. The van der Waals surface area contributed by atoms with E-state index in [1.165, 1.54) is 17.1 Å². The molecule has 5 aromatic rings. The predicted molar refractivity (Wildman–Crippen MR) is 140 cm³/mol. The number of carboxylic acids is 1. The van der Waals surface area contributed by atoms with Crippen molar-refractivity contribution in [1.82, 2.24) is 29.3 Å². The Morgan fingerprint density at radius 2 is 1.95 bits per heavy atom. The largest absolute Gasteiger partial charge is 0.477 e. The van der Waals surface area contributed by atoms with Crippen LogP contribution < -0.4 is 5.56 Å². The number of tetrazole rings is 1. The quantitative estimate of drug-likeness (QED) is 0.356. The van der Waals surface area contributed by atoms with Crippen LogP contribution in [0.25, 0.3) is 27.7 Å². The Bertz CT molecular complexity index is 1800. The highest BCUT2D eigenvalue weighted by Crippen LogP contribution is 2.33. The van der Waals surface area contributed by atoms with Crippen LogP contribution in [0.1, 0.15) is 34.2 Å². The third-order valence-corrected chi connectivity index (χ3v) is 7.31. The van der Waals surface area contributed by atoms with Gasteiger partial charge in [0.2, 0.25) is 0 Å². The van der Waals surface area contributed by atoms with Crippen molar-refractivity contribution in [3.8, 4) is 16.8 Å². The zero-order valence-electron chi connectivity index (χ0n) is 20.2. The number of rotatable bonds is 6. The van der Waals surface area contributed by atoms with Crippen LogP contribution in [-0.2, 0) is 24.7 Å². The van der Waals surface area contributed by atoms with Crippen molar-refractivity contribution < 1.29 is 14.7 Å². The average molecular weight is 529 g/mol. The molecular weight excluding hydrogens is 508 g/mol. The number of hydrogen-bond acceptors (Lipinski definition) is 6. The molecule has 1 aliphatic rings. The third-order valence-electron chi connectivity index (χ3n) is 7.07. The van der Waals surface area contributed by atoms with E-state index in [0.29, 0.717) is 34.7 Å². The normalized spacial score (nSPS) is 14.6. The summed E-state index contributed by atoms with van der Waals surface area (Å²) >= 11 is 6.27. The molecule has 6 rings (SSSR count). The number of fused-ring (bicyclic) bond motifs is 2. The van der Waals surface area contributed by atoms with Crippen LogP contribution in [-0.4, -0.2) is 46.2 Å². The molecule has 190 valence electrons. The number of halogens is 1. The molecule has 0 amide bonds. The van der Waals surface area contributed by atoms with E-state index in [1.807, 2.05) is 24.3 Å². The standard InChI is InChI=1S/C27H21ClN6O4/c1-32-21-5-2-15(8-17(21)11-24(32)27(37)38)9-25(35)23-7-4-19-10-16(12-26(36)34(19)23)20-13-18(28)3-6-22(20)33-14-29-30-31-33/h2-3,5-6,8,10-14,23H,4,7,9H2,1H3,(H,37,38). The summed E-state index contributed by atoms with van der Waals surface area (Å²) in [7, 11) is 1.70. The van der Waals surface area contributed by atoms with E-state index < -0.39 is 12.0 Å². The lowest BCUT2D eigenvalue weighted by Crippen LogP contribution is -2.28. The van der Waals surface area contributed by atoms with Crippen LogP contribution in [0.4, 0.5) is 0 Å². The van der Waals surface area contributed by atoms with Crippen LogP contribution in [0.3, 0.4) is 0 Å². The maximum Gasteiger partial charge on any atom is 0.352 e. The number of carboxylic acid groups (broad SMARTS) is 1. The Labute approximate surface area is 220 Å². The summed E-state index contributed by atoms with van der Waals surface area (Å²) in [6.07, 6.45) is 2.73. The minimum Gasteiger partial charge on any atom is -0.477 e. The molecule has 0 saturated heterocycles. The predicted octanol–water partition coefficient (Wildman–Crippen LogP) is 3.63. The molecule has 1 atom stereocenters. The highest BCUT2D eigenvalue weighted by atomic mass is 35.5. The minimum absolute atomic E-state index is 0.0653. The number of aryl methyl sites for hydroxylation is 2. The van der Waals surface area contributed by atoms with Gasteiger partial charge < -0.3 is 14.2 Å². The first-order valence-electron chi connectivity index (χ1n) is 11.9. The number of aromatic carboxylic acids is 1. The molecule has 10 nitrogen and oxygen atoms in total. The number of Topliss-reactive ketones (excluding diaryl/α,β-unsaturated/α-hetero) is 1. The van der Waals surface area contributed by atoms with Crippen molar-refractivity contribution in [1.29, 1.82) is 0 Å². The maximum atomic E-state index is 13.4. The van der Waals surface area contributed by atoms with Crippen molar-refractivity contribution >= 4 is 34.3 Å². The van der Waals surface area contributed by atoms with Gasteiger partial charge in [-0.05, 0) is 76.9 Å². The summed E-state index contributed by atoms with van der Waals surface area (Å²) in [4.78, 5) is 38.1. The van der Waals surface area contributed by atoms with Gasteiger partial charge in [-0.3, -0.25) is 9.59 Å². The molecule has 4 heterocycles. The highest BCUT2D eigenvalue weighted by Gasteiger charge is 2.30. The second-order valence-corrected chi connectivity index (χ2v) is 9.78. The molecule has 11 heteroatoms. The summed E-state index contributed by atoms with van der Waals surface area (Å²) in [5, 5.41) is 22.0. The van der Waals surface area contributed by atoms with E-state index in [2.05, 4.69) is 15.5 Å². The van der Waals surface area contributed by atoms with Gasteiger partial charge in [-0.15, -0.1) is 5.10 Å². The van der Waals surface area contributed by atoms with Crippen LogP contribution in [0.2, 0.25) is 5.02 Å². The third kappa shape index (κ3) is 3.99. The van der Waals surface area contributed by atoms with Gasteiger partial charge in [0.15, 0.2) is 5.78 Å². The van der Waals surface area contributed by atoms with Gasteiger partial charge in [-0.25, -0.2) is 4.79 Å². The number of hydrogen-bond donors (Lipinski definition) is 1. The van der Waals surface area contributed by atoms with E-state index in [1.54, 1.807) is 40.4 Å². The van der Waals surface area contributed by atoms with E-state index in [9.17, 15) is 19.5 Å². The summed E-state index contributed by atoms with van der Waals surface area (Å²) < 4.78 is 4.70. The topological polar surface area (TPSA) is 125 Å². The summed E-state index contributed by atoms with van der Waals surface area (Å²) in [5.74, 6) is -1.07. The second kappa shape index (κ2) is 9.07. The molecule has 0 fully saturated rings. The van der Waals surface area contributed by atoms with Gasteiger partial charge in [0.05, 0.1) is 11.7 Å². The van der Waals surface area contributed by atoms with Gasteiger partial charge in [-0.1, -0.05) is 17.7 Å². The van der Waals surface area contributed by atoms with Crippen LogP contribution >= 0.6 is 11.6 Å². The molecule has 1 unspecified atom stereocenters. The Kier molecular flexibility index (Phi) is 5.68. The molecule has 0 aliphatic carbocycles. The van der Waals surface area contributed by atoms with Gasteiger partial charge >= 0.3 is 5.97 Å². The average Bonchev–Trinajstić information content (AvgIpc) is 3.63. The first-order valence-corrected chi connectivity index (χ1v) is 12.3. The molecule has 1 N–H and O–H groups in total. The van der Waals surface area contributed by atoms with E-state index >= 15 is 0 Å². The van der Waals surface area contributed by atoms with Crippen molar-refractivity contribution in [2.45, 2.75) is 25.3 Å². The van der Waals surface area contributed by atoms with E-state index in [-0.39, 0.29) is 23.5 Å². The summed E-state index contributed by atoms with van der Waals surface area (Å²) in [5.41, 5.74) is 4.29.